The number of hydrogen-bond donors (Lipinski definition) is 1. The van der Waals surface area contributed by atoms with Crippen LogP contribution < -0.4 is 5.32 Å². The van der Waals surface area contributed by atoms with Crippen LogP contribution in [0.25, 0.3) is 0 Å². The number of nitrogens with zero attached hydrogens (tertiary/aromatic N) is 2. The fourth-order valence-corrected chi connectivity index (χ4v) is 3.26. The second-order valence-corrected chi connectivity index (χ2v) is 6.62. The van der Waals surface area contributed by atoms with Crippen molar-refractivity contribution in [2.24, 2.45) is 0 Å². The van der Waals surface area contributed by atoms with E-state index in [4.69, 9.17) is 16.9 Å². The van der Waals surface area contributed by atoms with E-state index in [0.29, 0.717) is 18.0 Å². The minimum absolute atomic E-state index is 0.0136. The first-order valence-corrected chi connectivity index (χ1v) is 8.62. The Morgan fingerprint density at radius 2 is 2.00 bits per heavy atom. The molecule has 1 aliphatic carbocycles. The third-order valence-corrected chi connectivity index (χ3v) is 4.65. The molecule has 1 saturated carbocycles. The third-order valence-electron chi connectivity index (χ3n) is 4.40. The van der Waals surface area contributed by atoms with Gasteiger partial charge >= 0.3 is 0 Å². The Morgan fingerprint density at radius 1 is 1.35 bits per heavy atom. The number of amides is 1. The first-order valence-electron chi connectivity index (χ1n) is 8.25. The summed E-state index contributed by atoms with van der Waals surface area (Å²) in [7, 11) is 1.89. The predicted molar refractivity (Wildman–Crippen MR) is 92.1 cm³/mol. The number of benzene rings is 1. The van der Waals surface area contributed by atoms with Crippen LogP contribution in [0.3, 0.4) is 0 Å². The lowest BCUT2D eigenvalue weighted by Crippen LogP contribution is -2.44. The average molecular weight is 334 g/mol. The summed E-state index contributed by atoms with van der Waals surface area (Å²) in [5, 5.41) is 12.7. The summed E-state index contributed by atoms with van der Waals surface area (Å²) < 4.78 is 0. The molecule has 23 heavy (non-hydrogen) atoms. The van der Waals surface area contributed by atoms with Crippen molar-refractivity contribution in [3.63, 3.8) is 0 Å². The van der Waals surface area contributed by atoms with Crippen molar-refractivity contribution in [3.8, 4) is 6.07 Å². The van der Waals surface area contributed by atoms with E-state index in [1.165, 1.54) is 19.3 Å². The van der Waals surface area contributed by atoms with Gasteiger partial charge in [-0.3, -0.25) is 9.69 Å². The van der Waals surface area contributed by atoms with Crippen molar-refractivity contribution < 1.29 is 4.79 Å². The minimum atomic E-state index is -0.387. The van der Waals surface area contributed by atoms with Crippen LogP contribution in [-0.2, 0) is 4.79 Å². The maximum absolute atomic E-state index is 12.8. The van der Waals surface area contributed by atoms with Crippen LogP contribution >= 0.6 is 11.6 Å². The number of nitriles is 1. The highest BCUT2D eigenvalue weighted by atomic mass is 35.5. The minimum Gasteiger partial charge on any atom is -0.352 e. The zero-order valence-corrected chi connectivity index (χ0v) is 14.4. The zero-order chi connectivity index (χ0) is 16.7. The molecule has 0 radical (unpaired) electrons. The molecule has 124 valence electrons. The molecule has 0 aromatic heterocycles. The molecule has 1 amide bonds. The van der Waals surface area contributed by atoms with E-state index in [1.54, 1.807) is 12.1 Å². The first-order chi connectivity index (χ1) is 11.1. The van der Waals surface area contributed by atoms with Gasteiger partial charge in [-0.15, -0.1) is 0 Å². The molecule has 1 aromatic carbocycles. The van der Waals surface area contributed by atoms with Gasteiger partial charge in [-0.2, -0.15) is 5.26 Å². The Labute approximate surface area is 143 Å². The molecule has 0 bridgehead atoms. The SMILES string of the molecule is CN(CCC#N)C(C(=O)NC1CCCCC1)c1ccc(Cl)cc1. The van der Waals surface area contributed by atoms with E-state index >= 15 is 0 Å². The second kappa shape index (κ2) is 8.90. The molecule has 1 fully saturated rings. The van der Waals surface area contributed by atoms with Crippen molar-refractivity contribution in [2.75, 3.05) is 13.6 Å². The number of carbonyl (C=O) groups is 1. The highest BCUT2D eigenvalue weighted by Gasteiger charge is 2.27. The number of nitrogens with one attached hydrogen (secondary N) is 1. The third kappa shape index (κ3) is 5.23. The van der Waals surface area contributed by atoms with Crippen LogP contribution in [0.4, 0.5) is 0 Å². The molecule has 2 rings (SSSR count). The molecule has 1 N–H and O–H groups in total. The normalized spacial score (nSPS) is 16.8. The molecule has 1 aliphatic rings. The summed E-state index contributed by atoms with van der Waals surface area (Å²) in [6.07, 6.45) is 6.13. The summed E-state index contributed by atoms with van der Waals surface area (Å²) in [5.41, 5.74) is 0.906. The van der Waals surface area contributed by atoms with Crippen LogP contribution in [0, 0.1) is 11.3 Å². The van der Waals surface area contributed by atoms with Crippen molar-refractivity contribution in [1.82, 2.24) is 10.2 Å². The van der Waals surface area contributed by atoms with Crippen LogP contribution in [0.2, 0.25) is 5.02 Å². The van der Waals surface area contributed by atoms with Gasteiger partial charge in [0.15, 0.2) is 0 Å². The smallest absolute Gasteiger partial charge is 0.242 e. The van der Waals surface area contributed by atoms with E-state index in [0.717, 1.165) is 18.4 Å². The lowest BCUT2D eigenvalue weighted by molar-refractivity contribution is -0.127. The molecule has 4 nitrogen and oxygen atoms in total. The molecule has 1 aromatic rings. The van der Waals surface area contributed by atoms with E-state index in [-0.39, 0.29) is 18.0 Å². The molecule has 0 heterocycles. The van der Waals surface area contributed by atoms with Gasteiger partial charge in [0.05, 0.1) is 6.07 Å². The quantitative estimate of drug-likeness (QED) is 0.864. The summed E-state index contributed by atoms with van der Waals surface area (Å²) in [6.45, 7) is 0.557. The lowest BCUT2D eigenvalue weighted by Gasteiger charge is -2.30. The van der Waals surface area contributed by atoms with Crippen LogP contribution in [0.15, 0.2) is 24.3 Å². The Hall–Kier alpha value is -1.57. The monoisotopic (exact) mass is 333 g/mol. The van der Waals surface area contributed by atoms with Gasteiger partial charge in [0.1, 0.15) is 6.04 Å². The Kier molecular flexibility index (Phi) is 6.88. The first kappa shape index (κ1) is 17.8. The Balaban J connectivity index is 2.12. The van der Waals surface area contributed by atoms with Crippen LogP contribution in [0.5, 0.6) is 0 Å². The van der Waals surface area contributed by atoms with Crippen LogP contribution in [0.1, 0.15) is 50.1 Å². The average Bonchev–Trinajstić information content (AvgIpc) is 2.56. The van der Waals surface area contributed by atoms with E-state index in [9.17, 15) is 4.79 Å². The van der Waals surface area contributed by atoms with Gasteiger partial charge in [-0.05, 0) is 37.6 Å². The number of likely N-dealkylation sites (N-methyl/N-ethyl adjacent to an activating group) is 1. The van der Waals surface area contributed by atoms with Gasteiger partial charge in [0.2, 0.25) is 5.91 Å². The van der Waals surface area contributed by atoms with Crippen molar-refractivity contribution in [3.05, 3.63) is 34.9 Å². The van der Waals surface area contributed by atoms with Crippen molar-refractivity contribution in [2.45, 2.75) is 50.6 Å². The number of rotatable bonds is 6. The van der Waals surface area contributed by atoms with Crippen LogP contribution in [-0.4, -0.2) is 30.4 Å². The fourth-order valence-electron chi connectivity index (χ4n) is 3.13. The second-order valence-electron chi connectivity index (χ2n) is 6.19. The van der Waals surface area contributed by atoms with E-state index in [2.05, 4.69) is 11.4 Å². The van der Waals surface area contributed by atoms with E-state index < -0.39 is 0 Å². The van der Waals surface area contributed by atoms with Gasteiger partial charge in [0.25, 0.3) is 0 Å². The summed E-state index contributed by atoms with van der Waals surface area (Å²) >= 11 is 5.96. The molecule has 1 unspecified atom stereocenters. The van der Waals surface area contributed by atoms with Gasteiger partial charge in [0, 0.05) is 24.0 Å². The highest BCUT2D eigenvalue weighted by molar-refractivity contribution is 6.30. The van der Waals surface area contributed by atoms with Gasteiger partial charge < -0.3 is 5.32 Å². The summed E-state index contributed by atoms with van der Waals surface area (Å²) in [6, 6.07) is 9.40. The molecular weight excluding hydrogens is 310 g/mol. The fraction of sp³-hybridized carbons (Fsp3) is 0.556. The molecule has 0 saturated heterocycles. The largest absolute Gasteiger partial charge is 0.352 e. The zero-order valence-electron chi connectivity index (χ0n) is 13.6. The summed E-state index contributed by atoms with van der Waals surface area (Å²) in [4.78, 5) is 14.8. The highest BCUT2D eigenvalue weighted by Crippen LogP contribution is 2.24. The molecule has 0 spiro atoms. The summed E-state index contributed by atoms with van der Waals surface area (Å²) in [5.74, 6) is 0.0136. The maximum Gasteiger partial charge on any atom is 0.242 e. The van der Waals surface area contributed by atoms with Gasteiger partial charge in [-0.1, -0.05) is 43.0 Å². The number of carbonyl (C=O) groups excluding carboxylic acids is 1. The molecule has 1 atom stereocenters. The Bertz CT molecular complexity index is 546. The van der Waals surface area contributed by atoms with E-state index in [1.807, 2.05) is 24.1 Å². The molecule has 0 aliphatic heterocycles. The number of halogens is 1. The molecular formula is C18H24ClN3O. The molecule has 5 heteroatoms. The Morgan fingerprint density at radius 3 is 2.61 bits per heavy atom. The van der Waals surface area contributed by atoms with Crippen molar-refractivity contribution in [1.29, 1.82) is 5.26 Å². The predicted octanol–water partition coefficient (Wildman–Crippen LogP) is 3.68. The topological polar surface area (TPSA) is 56.1 Å². The van der Waals surface area contributed by atoms with Crippen molar-refractivity contribution >= 4 is 17.5 Å². The van der Waals surface area contributed by atoms with Gasteiger partial charge in [-0.25, -0.2) is 0 Å². The number of hydrogen-bond acceptors (Lipinski definition) is 3. The lowest BCUT2D eigenvalue weighted by atomic mass is 9.94. The maximum atomic E-state index is 12.8. The standard InChI is InChI=1S/C18H24ClN3O/c1-22(13-5-12-20)17(14-8-10-15(19)11-9-14)18(23)21-16-6-3-2-4-7-16/h8-11,16-17H,2-7,13H2,1H3,(H,21,23).